The van der Waals surface area contributed by atoms with Gasteiger partial charge in [-0.05, 0) is 62.2 Å². The van der Waals surface area contributed by atoms with E-state index in [1.807, 2.05) is 36.4 Å². The number of hydrogen-bond donors (Lipinski definition) is 2. The molecule has 1 aromatic heterocycles. The van der Waals surface area contributed by atoms with E-state index in [0.717, 1.165) is 37.3 Å². The second-order valence-corrected chi connectivity index (χ2v) is 6.81. The molecule has 4 rings (SSSR count). The highest BCUT2D eigenvalue weighted by Crippen LogP contribution is 2.31. The van der Waals surface area contributed by atoms with Crippen LogP contribution in [0.5, 0.6) is 0 Å². The molecular weight excluding hydrogens is 300 g/mol. The quantitative estimate of drug-likeness (QED) is 0.909. The van der Waals surface area contributed by atoms with Crippen LogP contribution in [0.15, 0.2) is 48.8 Å². The highest BCUT2D eigenvalue weighted by molar-refractivity contribution is 5.95. The van der Waals surface area contributed by atoms with Crippen LogP contribution in [0.25, 0.3) is 0 Å². The maximum atomic E-state index is 12.6. The van der Waals surface area contributed by atoms with E-state index in [2.05, 4.69) is 20.5 Å². The van der Waals surface area contributed by atoms with Gasteiger partial charge in [0.1, 0.15) is 0 Å². The number of carbonyl (C=O) groups excluding carboxylic acids is 1. The maximum Gasteiger partial charge on any atom is 0.251 e. The first-order valence-corrected chi connectivity index (χ1v) is 8.55. The zero-order valence-corrected chi connectivity index (χ0v) is 13.7. The zero-order valence-electron chi connectivity index (χ0n) is 13.7. The average molecular weight is 322 g/mol. The molecule has 2 aliphatic heterocycles. The van der Waals surface area contributed by atoms with Crippen molar-refractivity contribution in [1.29, 1.82) is 0 Å². The molecule has 0 radical (unpaired) electrons. The number of anilines is 2. The van der Waals surface area contributed by atoms with Crippen LogP contribution < -0.4 is 10.6 Å². The molecule has 2 unspecified atom stereocenters. The summed E-state index contributed by atoms with van der Waals surface area (Å²) in [5.74, 6) is 0.0340. The minimum absolute atomic E-state index is 0.0119. The van der Waals surface area contributed by atoms with Gasteiger partial charge in [-0.2, -0.15) is 0 Å². The Labute approximate surface area is 142 Å². The summed E-state index contributed by atoms with van der Waals surface area (Å²) in [6, 6.07) is 11.5. The molecule has 2 aromatic rings. The fraction of sp³-hybridized carbons (Fsp3) is 0.368. The van der Waals surface area contributed by atoms with Gasteiger partial charge in [0, 0.05) is 30.5 Å². The number of fused-ring (bicyclic) bond motifs is 2. The number of rotatable bonds is 4. The van der Waals surface area contributed by atoms with Crippen molar-refractivity contribution in [3.63, 3.8) is 0 Å². The predicted molar refractivity (Wildman–Crippen MR) is 94.4 cm³/mol. The third-order valence-corrected chi connectivity index (χ3v) is 5.04. The maximum absolute atomic E-state index is 12.6. The van der Waals surface area contributed by atoms with E-state index in [-0.39, 0.29) is 11.4 Å². The lowest BCUT2D eigenvalue weighted by molar-refractivity contribution is 0.0877. The first-order valence-electron chi connectivity index (χ1n) is 8.55. The van der Waals surface area contributed by atoms with E-state index in [1.54, 1.807) is 12.4 Å². The number of benzene rings is 1. The summed E-state index contributed by atoms with van der Waals surface area (Å²) < 4.78 is 0. The Kier molecular flexibility index (Phi) is 3.94. The van der Waals surface area contributed by atoms with Gasteiger partial charge in [0.15, 0.2) is 0 Å². The van der Waals surface area contributed by atoms with Crippen molar-refractivity contribution in [2.45, 2.75) is 24.8 Å². The molecule has 2 aliphatic rings. The summed E-state index contributed by atoms with van der Waals surface area (Å²) in [6.45, 7) is 3.28. The molecular formula is C19H22N4O. The summed E-state index contributed by atoms with van der Waals surface area (Å²) in [4.78, 5) is 19.1. The van der Waals surface area contributed by atoms with E-state index in [0.29, 0.717) is 5.56 Å². The van der Waals surface area contributed by atoms with Crippen molar-refractivity contribution in [3.8, 4) is 0 Å². The number of nitrogens with one attached hydrogen (secondary N) is 2. The Hall–Kier alpha value is -2.40. The first kappa shape index (κ1) is 15.1. The van der Waals surface area contributed by atoms with Gasteiger partial charge < -0.3 is 15.5 Å². The fourth-order valence-electron chi connectivity index (χ4n) is 3.78. The SMILES string of the molecule is O=C(NC12CCCN(CC1)C2)c1ccc(Nc2cccnc2)cc1. The third kappa shape index (κ3) is 3.12. The molecule has 1 aromatic carbocycles. The number of nitrogens with zero attached hydrogens (tertiary/aromatic N) is 2. The summed E-state index contributed by atoms with van der Waals surface area (Å²) in [7, 11) is 0. The van der Waals surface area contributed by atoms with Crippen molar-refractivity contribution in [2.24, 2.45) is 0 Å². The number of pyridine rings is 1. The average Bonchev–Trinajstić information content (AvgIpc) is 2.90. The Bertz CT molecular complexity index is 712. The highest BCUT2D eigenvalue weighted by Gasteiger charge is 2.41. The number of amides is 1. The van der Waals surface area contributed by atoms with Gasteiger partial charge in [-0.3, -0.25) is 9.78 Å². The second-order valence-electron chi connectivity index (χ2n) is 6.81. The van der Waals surface area contributed by atoms with Crippen molar-refractivity contribution >= 4 is 17.3 Å². The van der Waals surface area contributed by atoms with Gasteiger partial charge in [-0.25, -0.2) is 0 Å². The molecule has 0 aliphatic carbocycles. The zero-order chi connectivity index (χ0) is 16.4. The van der Waals surface area contributed by atoms with E-state index in [1.165, 1.54) is 13.0 Å². The second kappa shape index (κ2) is 6.24. The van der Waals surface area contributed by atoms with Crippen molar-refractivity contribution < 1.29 is 4.79 Å². The molecule has 1 amide bonds. The first-order chi connectivity index (χ1) is 11.7. The molecule has 2 saturated heterocycles. The predicted octanol–water partition coefficient (Wildman–Crippen LogP) is 2.79. The van der Waals surface area contributed by atoms with Crippen LogP contribution >= 0.6 is 0 Å². The molecule has 2 fully saturated rings. The molecule has 2 bridgehead atoms. The molecule has 2 N–H and O–H groups in total. The van der Waals surface area contributed by atoms with Gasteiger partial charge in [-0.1, -0.05) is 0 Å². The Balaban J connectivity index is 1.42. The Morgan fingerprint density at radius 3 is 2.75 bits per heavy atom. The van der Waals surface area contributed by atoms with E-state index < -0.39 is 0 Å². The van der Waals surface area contributed by atoms with E-state index >= 15 is 0 Å². The largest absolute Gasteiger partial charge is 0.354 e. The van der Waals surface area contributed by atoms with Crippen molar-refractivity contribution in [3.05, 3.63) is 54.4 Å². The topological polar surface area (TPSA) is 57.3 Å². The van der Waals surface area contributed by atoms with Crippen LogP contribution in [0, 0.1) is 0 Å². The number of hydrogen-bond acceptors (Lipinski definition) is 4. The normalized spacial score (nSPS) is 25.2. The standard InChI is InChI=1S/C19H22N4O/c24-18(22-19-8-2-11-23(14-19)12-9-19)15-4-6-16(7-5-15)21-17-3-1-10-20-13-17/h1,3-7,10,13,21H,2,8-9,11-12,14H2,(H,22,24). The molecule has 24 heavy (non-hydrogen) atoms. The van der Waals surface area contributed by atoms with Gasteiger partial charge in [0.2, 0.25) is 0 Å². The van der Waals surface area contributed by atoms with Crippen LogP contribution in [0.3, 0.4) is 0 Å². The van der Waals surface area contributed by atoms with Crippen molar-refractivity contribution in [1.82, 2.24) is 15.2 Å². The van der Waals surface area contributed by atoms with Crippen LogP contribution in [0.1, 0.15) is 29.6 Å². The minimum Gasteiger partial charge on any atom is -0.354 e. The molecule has 5 heteroatoms. The number of aromatic nitrogens is 1. The van der Waals surface area contributed by atoms with Crippen LogP contribution in [0.4, 0.5) is 11.4 Å². The van der Waals surface area contributed by atoms with Gasteiger partial charge in [0.05, 0.1) is 17.4 Å². The molecule has 0 spiro atoms. The molecule has 3 heterocycles. The van der Waals surface area contributed by atoms with Gasteiger partial charge in [0.25, 0.3) is 5.91 Å². The van der Waals surface area contributed by atoms with E-state index in [4.69, 9.17) is 0 Å². The summed E-state index contributed by atoms with van der Waals surface area (Å²) in [5.41, 5.74) is 2.58. The lowest BCUT2D eigenvalue weighted by atomic mass is 9.90. The Morgan fingerprint density at radius 2 is 1.96 bits per heavy atom. The van der Waals surface area contributed by atoms with Gasteiger partial charge in [-0.15, -0.1) is 0 Å². The van der Waals surface area contributed by atoms with Crippen LogP contribution in [-0.4, -0.2) is 41.0 Å². The molecule has 0 saturated carbocycles. The Morgan fingerprint density at radius 1 is 1.08 bits per heavy atom. The smallest absolute Gasteiger partial charge is 0.251 e. The fourth-order valence-corrected chi connectivity index (χ4v) is 3.78. The van der Waals surface area contributed by atoms with Crippen LogP contribution in [-0.2, 0) is 0 Å². The summed E-state index contributed by atoms with van der Waals surface area (Å²) >= 11 is 0. The number of carbonyl (C=O) groups is 1. The molecule has 2 atom stereocenters. The van der Waals surface area contributed by atoms with Crippen LogP contribution in [0.2, 0.25) is 0 Å². The highest BCUT2D eigenvalue weighted by atomic mass is 16.1. The lowest BCUT2D eigenvalue weighted by Crippen LogP contribution is -2.52. The lowest BCUT2D eigenvalue weighted by Gasteiger charge is -2.34. The van der Waals surface area contributed by atoms with Crippen molar-refractivity contribution in [2.75, 3.05) is 25.0 Å². The van der Waals surface area contributed by atoms with Gasteiger partial charge >= 0.3 is 0 Å². The summed E-state index contributed by atoms with van der Waals surface area (Å²) in [5, 5.41) is 6.57. The molecule has 124 valence electrons. The minimum atomic E-state index is -0.0119. The third-order valence-electron chi connectivity index (χ3n) is 5.04. The monoisotopic (exact) mass is 322 g/mol. The molecule has 5 nitrogen and oxygen atoms in total. The summed E-state index contributed by atoms with van der Waals surface area (Å²) in [6.07, 6.45) is 6.85. The van der Waals surface area contributed by atoms with E-state index in [9.17, 15) is 4.79 Å². The number of piperidine rings is 1.